The molecule has 34 heavy (non-hydrogen) atoms. The van der Waals surface area contributed by atoms with Gasteiger partial charge in [-0.15, -0.1) is 0 Å². The van der Waals surface area contributed by atoms with Gasteiger partial charge in [-0.1, -0.05) is 36.4 Å². The summed E-state index contributed by atoms with van der Waals surface area (Å²) in [5.74, 6) is -0.616. The first-order chi connectivity index (χ1) is 15.9. The van der Waals surface area contributed by atoms with Crippen LogP contribution in [-0.4, -0.2) is 76.8 Å². The summed E-state index contributed by atoms with van der Waals surface area (Å²) in [7, 11) is -6.79. The minimum atomic E-state index is -4.24. The van der Waals surface area contributed by atoms with Crippen molar-refractivity contribution in [3.05, 3.63) is 59.7 Å². The van der Waals surface area contributed by atoms with Crippen LogP contribution in [0.1, 0.15) is 30.0 Å². The quantitative estimate of drug-likeness (QED) is 0.549. The summed E-state index contributed by atoms with van der Waals surface area (Å²) in [5.41, 5.74) is 0.895. The molecule has 1 fully saturated rings. The molecule has 0 saturated carbocycles. The van der Waals surface area contributed by atoms with Crippen molar-refractivity contribution in [3.63, 3.8) is 0 Å². The highest BCUT2D eigenvalue weighted by Crippen LogP contribution is 2.31. The van der Waals surface area contributed by atoms with Crippen LogP contribution in [0.5, 0.6) is 5.75 Å². The molecule has 1 aliphatic rings. The number of benzene rings is 2. The van der Waals surface area contributed by atoms with Crippen LogP contribution in [0.25, 0.3) is 0 Å². The zero-order valence-electron chi connectivity index (χ0n) is 19.6. The summed E-state index contributed by atoms with van der Waals surface area (Å²) in [5, 5.41) is 9.94. The molecule has 186 valence electrons. The lowest BCUT2D eigenvalue weighted by Crippen LogP contribution is -2.40. The number of carbonyl (C=O) groups excluding carboxylic acids is 1. The lowest BCUT2D eigenvalue weighted by molar-refractivity contribution is -0.131. The Bertz CT molecular complexity index is 1190. The first kappa shape index (κ1) is 26.0. The average molecular weight is 510 g/mol. The minimum Gasteiger partial charge on any atom is -0.508 e. The fourth-order valence-electron chi connectivity index (χ4n) is 4.27. The maximum absolute atomic E-state index is 13.4. The zero-order chi connectivity index (χ0) is 25.1. The van der Waals surface area contributed by atoms with Gasteiger partial charge < -0.3 is 14.9 Å². The number of sulfonamides is 2. The molecule has 1 saturated heterocycles. The molecule has 0 aliphatic carbocycles. The number of phenolic OH excluding ortho intramolecular Hbond substituents is 1. The third-order valence-corrected chi connectivity index (χ3v) is 9.11. The fourth-order valence-corrected chi connectivity index (χ4v) is 7.29. The number of rotatable bonds is 9. The smallest absolute Gasteiger partial charge is 0.245 e. The maximum atomic E-state index is 13.4. The van der Waals surface area contributed by atoms with E-state index in [1.54, 1.807) is 11.9 Å². The van der Waals surface area contributed by atoms with E-state index in [0.717, 1.165) is 50.1 Å². The van der Waals surface area contributed by atoms with Gasteiger partial charge in [-0.3, -0.25) is 4.79 Å². The van der Waals surface area contributed by atoms with Gasteiger partial charge >= 0.3 is 0 Å². The molecule has 9 nitrogen and oxygen atoms in total. The van der Waals surface area contributed by atoms with Crippen molar-refractivity contribution in [1.29, 1.82) is 0 Å². The first-order valence-corrected chi connectivity index (χ1v) is 14.6. The van der Waals surface area contributed by atoms with Gasteiger partial charge in [0.1, 0.15) is 5.75 Å². The van der Waals surface area contributed by atoms with Crippen LogP contribution in [0.4, 0.5) is 5.69 Å². The molecule has 1 heterocycles. The summed E-state index contributed by atoms with van der Waals surface area (Å²) in [6.45, 7) is 2.59. The van der Waals surface area contributed by atoms with Crippen molar-refractivity contribution in [2.45, 2.75) is 25.3 Å². The number of anilines is 1. The van der Waals surface area contributed by atoms with Gasteiger partial charge in [-0.25, -0.2) is 16.8 Å². The van der Waals surface area contributed by atoms with Crippen molar-refractivity contribution in [1.82, 2.24) is 9.80 Å². The molecule has 0 unspecified atom stereocenters. The number of phenols is 1. The highest BCUT2D eigenvalue weighted by atomic mass is 32.3. The normalized spacial score (nSPS) is 15.7. The number of likely N-dealkylation sites (tertiary alicyclic amines) is 1. The molecule has 0 bridgehead atoms. The van der Waals surface area contributed by atoms with E-state index in [2.05, 4.69) is 4.90 Å². The monoisotopic (exact) mass is 509 g/mol. The molecule has 2 aromatic rings. The van der Waals surface area contributed by atoms with E-state index in [1.165, 1.54) is 12.1 Å². The Morgan fingerprint density at radius 3 is 2.15 bits per heavy atom. The molecular weight excluding hydrogens is 478 g/mol. The Labute approximate surface area is 201 Å². The van der Waals surface area contributed by atoms with Crippen molar-refractivity contribution in [2.75, 3.05) is 42.9 Å². The fraction of sp³-hybridized carbons (Fsp3) is 0.435. The lowest BCUT2D eigenvalue weighted by Gasteiger charge is -2.32. The van der Waals surface area contributed by atoms with Crippen LogP contribution in [0.3, 0.4) is 0 Å². The maximum Gasteiger partial charge on any atom is 0.245 e. The highest BCUT2D eigenvalue weighted by molar-refractivity contribution is 8.09. The molecule has 0 radical (unpaired) electrons. The molecule has 1 amide bonds. The third-order valence-electron chi connectivity index (χ3n) is 5.88. The van der Waals surface area contributed by atoms with Gasteiger partial charge in [0.25, 0.3) is 0 Å². The number of aromatic hydroxyl groups is 1. The van der Waals surface area contributed by atoms with Crippen molar-refractivity contribution >= 4 is 31.6 Å². The number of hydrogen-bond donors (Lipinski definition) is 1. The molecule has 1 N–H and O–H groups in total. The topological polar surface area (TPSA) is 115 Å². The average Bonchev–Trinajstić information content (AvgIpc) is 3.25. The van der Waals surface area contributed by atoms with E-state index in [-0.39, 0.29) is 39.1 Å². The summed E-state index contributed by atoms with van der Waals surface area (Å²) < 4.78 is 49.5. The van der Waals surface area contributed by atoms with E-state index in [0.29, 0.717) is 6.54 Å². The molecular formula is C23H31N3O6S2. The predicted octanol–water partition coefficient (Wildman–Crippen LogP) is 1.96. The van der Waals surface area contributed by atoms with E-state index in [4.69, 9.17) is 0 Å². The van der Waals surface area contributed by atoms with Gasteiger partial charge in [0.2, 0.25) is 26.0 Å². The van der Waals surface area contributed by atoms with Crippen molar-refractivity contribution < 1.29 is 26.7 Å². The van der Waals surface area contributed by atoms with Crippen LogP contribution in [0, 0.1) is 0 Å². The Hall–Kier alpha value is -2.63. The number of nitrogens with zero attached hydrogens (tertiary/aromatic N) is 3. The second kappa shape index (κ2) is 10.3. The highest BCUT2D eigenvalue weighted by Gasteiger charge is 2.31. The number of likely N-dealkylation sites (N-methyl/N-ethyl adjacent to an activating group) is 1. The van der Waals surface area contributed by atoms with E-state index >= 15 is 0 Å². The lowest BCUT2D eigenvalue weighted by atomic mass is 10.0. The predicted molar refractivity (Wildman–Crippen MR) is 132 cm³/mol. The van der Waals surface area contributed by atoms with Crippen LogP contribution in [0.15, 0.2) is 48.5 Å². The standard InChI is InChI=1S/C23H31N3O6S2/c1-24(22(17-25-13-7-8-14-25)18-9-5-4-6-10-18)23(28)15-19-11-12-20(27)16-21(19)26(33(2,29)30)34(3,31)32/h4-6,9-12,16,22,27H,7-8,13-15,17H2,1-3H3/t22-/m1/s1. The van der Waals surface area contributed by atoms with Crippen LogP contribution >= 0.6 is 0 Å². The van der Waals surface area contributed by atoms with Crippen LogP contribution in [-0.2, 0) is 31.3 Å². The van der Waals surface area contributed by atoms with Gasteiger partial charge in [0, 0.05) is 19.7 Å². The summed E-state index contributed by atoms with van der Waals surface area (Å²) in [6.07, 6.45) is 3.51. The Morgan fingerprint density at radius 1 is 1.00 bits per heavy atom. The van der Waals surface area contributed by atoms with Crippen molar-refractivity contribution in [2.24, 2.45) is 0 Å². The third kappa shape index (κ3) is 6.28. The van der Waals surface area contributed by atoms with Gasteiger partial charge in [-0.2, -0.15) is 3.71 Å². The van der Waals surface area contributed by atoms with Crippen molar-refractivity contribution in [3.8, 4) is 5.75 Å². The Morgan fingerprint density at radius 2 is 1.59 bits per heavy atom. The van der Waals surface area contributed by atoms with Gasteiger partial charge in [-0.05, 0) is 43.1 Å². The van der Waals surface area contributed by atoms with Gasteiger partial charge in [0.15, 0.2) is 0 Å². The SMILES string of the molecule is CN(C(=O)Cc1ccc(O)cc1N(S(C)(=O)=O)S(C)(=O)=O)[C@H](CN1CCCC1)c1ccccc1. The molecule has 11 heteroatoms. The number of carbonyl (C=O) groups is 1. The van der Waals surface area contributed by atoms with E-state index in [1.807, 2.05) is 30.3 Å². The molecule has 3 rings (SSSR count). The van der Waals surface area contributed by atoms with E-state index < -0.39 is 20.0 Å². The first-order valence-electron chi connectivity index (χ1n) is 10.9. The molecule has 1 aliphatic heterocycles. The van der Waals surface area contributed by atoms with E-state index in [9.17, 15) is 26.7 Å². The van der Waals surface area contributed by atoms with Crippen LogP contribution in [0.2, 0.25) is 0 Å². The Balaban J connectivity index is 1.94. The minimum absolute atomic E-state index is 0.179. The zero-order valence-corrected chi connectivity index (χ0v) is 21.2. The second-order valence-electron chi connectivity index (χ2n) is 8.65. The number of amides is 1. The summed E-state index contributed by atoms with van der Waals surface area (Å²) >= 11 is 0. The van der Waals surface area contributed by atoms with Gasteiger partial charge in [0.05, 0.1) is 30.7 Å². The Kier molecular flexibility index (Phi) is 7.89. The molecule has 2 aromatic carbocycles. The second-order valence-corrected chi connectivity index (χ2v) is 12.5. The summed E-state index contributed by atoms with van der Waals surface area (Å²) in [6, 6.07) is 13.2. The molecule has 0 aromatic heterocycles. The number of hydrogen-bond acceptors (Lipinski definition) is 7. The summed E-state index contributed by atoms with van der Waals surface area (Å²) in [4.78, 5) is 17.3. The molecule has 1 atom stereocenters. The molecule has 0 spiro atoms. The van der Waals surface area contributed by atoms with Crippen LogP contribution < -0.4 is 3.71 Å². The largest absolute Gasteiger partial charge is 0.508 e.